The monoisotopic (exact) mass is 362 g/mol. The van der Waals surface area contributed by atoms with E-state index in [4.69, 9.17) is 21.9 Å². The van der Waals surface area contributed by atoms with Gasteiger partial charge in [0.25, 0.3) is 0 Å². The summed E-state index contributed by atoms with van der Waals surface area (Å²) in [6, 6.07) is 13.5. The van der Waals surface area contributed by atoms with E-state index < -0.39 is 0 Å². The highest BCUT2D eigenvalue weighted by Crippen LogP contribution is 2.38. The number of nitrogens with zero attached hydrogens (tertiary/aromatic N) is 1. The van der Waals surface area contributed by atoms with Crippen LogP contribution in [0.4, 0.5) is 5.88 Å². The Labute approximate surface area is 135 Å². The summed E-state index contributed by atoms with van der Waals surface area (Å²) in [6.45, 7) is 2.02. The molecule has 0 aliphatic rings. The molecule has 0 spiro atoms. The van der Waals surface area contributed by atoms with Crippen molar-refractivity contribution < 1.29 is 4.52 Å². The number of rotatable bonds is 2. The van der Waals surface area contributed by atoms with Gasteiger partial charge in [-0.1, -0.05) is 50.9 Å². The molecule has 5 heteroatoms. The molecule has 0 amide bonds. The third-order valence-corrected chi connectivity index (χ3v) is 4.04. The molecule has 0 fully saturated rings. The first-order valence-corrected chi connectivity index (χ1v) is 7.51. The smallest absolute Gasteiger partial charge is 0.230 e. The number of nitrogens with two attached hydrogens (primary N) is 1. The summed E-state index contributed by atoms with van der Waals surface area (Å²) in [4.78, 5) is 0. The van der Waals surface area contributed by atoms with Crippen LogP contribution in [0.3, 0.4) is 0 Å². The number of nitrogen functional groups attached to an aromatic ring is 1. The predicted octanol–water partition coefficient (Wildman–Crippen LogP) is 5.32. The highest BCUT2D eigenvalue weighted by Gasteiger charge is 2.18. The number of anilines is 1. The molecule has 0 bridgehead atoms. The normalized spacial score (nSPS) is 10.8. The van der Waals surface area contributed by atoms with Gasteiger partial charge in [-0.25, -0.2) is 0 Å². The lowest BCUT2D eigenvalue weighted by Gasteiger charge is -2.06. The molecule has 3 nitrogen and oxygen atoms in total. The lowest BCUT2D eigenvalue weighted by Crippen LogP contribution is -1.89. The van der Waals surface area contributed by atoms with Gasteiger partial charge in [0, 0.05) is 15.1 Å². The van der Waals surface area contributed by atoms with Gasteiger partial charge in [0.1, 0.15) is 5.69 Å². The lowest BCUT2D eigenvalue weighted by molar-refractivity contribution is 0.439. The minimum Gasteiger partial charge on any atom is -0.367 e. The molecule has 3 rings (SSSR count). The van der Waals surface area contributed by atoms with Crippen molar-refractivity contribution in [2.75, 3.05) is 5.73 Å². The molecule has 0 unspecified atom stereocenters. The fourth-order valence-electron chi connectivity index (χ4n) is 2.27. The lowest BCUT2D eigenvalue weighted by atomic mass is 9.98. The first-order chi connectivity index (χ1) is 10.1. The van der Waals surface area contributed by atoms with E-state index in [9.17, 15) is 0 Å². The quantitative estimate of drug-likeness (QED) is 0.671. The van der Waals surface area contributed by atoms with Crippen molar-refractivity contribution in [1.82, 2.24) is 5.16 Å². The largest absolute Gasteiger partial charge is 0.367 e. The number of aromatic nitrogens is 1. The van der Waals surface area contributed by atoms with Gasteiger partial charge in [-0.05, 0) is 42.3 Å². The first kappa shape index (κ1) is 14.2. The number of hydrogen-bond donors (Lipinski definition) is 1. The zero-order valence-electron chi connectivity index (χ0n) is 11.2. The second-order valence-corrected chi connectivity index (χ2v) is 6.09. The van der Waals surface area contributed by atoms with Crippen LogP contribution in [0.1, 0.15) is 5.56 Å². The minimum absolute atomic E-state index is 0.301. The van der Waals surface area contributed by atoms with Crippen LogP contribution in [0.2, 0.25) is 5.02 Å². The van der Waals surface area contributed by atoms with Gasteiger partial charge in [0.2, 0.25) is 5.88 Å². The summed E-state index contributed by atoms with van der Waals surface area (Å²) >= 11 is 9.40. The number of benzene rings is 2. The SMILES string of the molecule is Cc1cc(Br)ccc1-c1noc(N)c1-c1ccc(Cl)cc1. The van der Waals surface area contributed by atoms with Crippen molar-refractivity contribution >= 4 is 33.4 Å². The van der Waals surface area contributed by atoms with Crippen LogP contribution in [0, 0.1) is 6.92 Å². The van der Waals surface area contributed by atoms with Gasteiger partial charge in [-0.2, -0.15) is 0 Å². The first-order valence-electron chi connectivity index (χ1n) is 6.34. The topological polar surface area (TPSA) is 52.0 Å². The summed E-state index contributed by atoms with van der Waals surface area (Å²) in [7, 11) is 0. The fraction of sp³-hybridized carbons (Fsp3) is 0.0625. The van der Waals surface area contributed by atoms with Crippen LogP contribution in [0.5, 0.6) is 0 Å². The Bertz CT molecular complexity index is 797. The van der Waals surface area contributed by atoms with Crippen molar-refractivity contribution in [2.45, 2.75) is 6.92 Å². The summed E-state index contributed by atoms with van der Waals surface area (Å²) in [5.74, 6) is 0.301. The molecule has 0 atom stereocenters. The highest BCUT2D eigenvalue weighted by atomic mass is 79.9. The molecule has 21 heavy (non-hydrogen) atoms. The van der Waals surface area contributed by atoms with Crippen molar-refractivity contribution in [3.05, 3.63) is 57.5 Å². The Morgan fingerprint density at radius 2 is 1.86 bits per heavy atom. The Hall–Kier alpha value is -1.78. The summed E-state index contributed by atoms with van der Waals surface area (Å²) in [5, 5.41) is 4.80. The molecule has 3 aromatic rings. The molecular formula is C16H12BrClN2O. The maximum Gasteiger partial charge on any atom is 0.230 e. The van der Waals surface area contributed by atoms with Crippen LogP contribution in [0.15, 0.2) is 51.5 Å². The Kier molecular flexibility index (Phi) is 3.74. The van der Waals surface area contributed by atoms with E-state index in [0.717, 1.165) is 32.4 Å². The average Bonchev–Trinajstić information content (AvgIpc) is 2.82. The second-order valence-electron chi connectivity index (χ2n) is 4.74. The zero-order chi connectivity index (χ0) is 15.0. The van der Waals surface area contributed by atoms with Gasteiger partial charge in [-0.3, -0.25) is 0 Å². The number of hydrogen-bond acceptors (Lipinski definition) is 3. The highest BCUT2D eigenvalue weighted by molar-refractivity contribution is 9.10. The van der Waals surface area contributed by atoms with Crippen LogP contribution >= 0.6 is 27.5 Å². The van der Waals surface area contributed by atoms with Crippen LogP contribution in [-0.2, 0) is 0 Å². The van der Waals surface area contributed by atoms with Gasteiger partial charge in [0.05, 0.1) is 5.56 Å². The van der Waals surface area contributed by atoms with E-state index in [2.05, 4.69) is 21.1 Å². The molecule has 1 aromatic heterocycles. The minimum atomic E-state index is 0.301. The van der Waals surface area contributed by atoms with Gasteiger partial charge >= 0.3 is 0 Å². The second kappa shape index (κ2) is 5.54. The molecule has 0 saturated carbocycles. The van der Waals surface area contributed by atoms with Crippen molar-refractivity contribution in [3.8, 4) is 22.4 Å². The van der Waals surface area contributed by atoms with Gasteiger partial charge < -0.3 is 10.3 Å². The van der Waals surface area contributed by atoms with E-state index in [1.165, 1.54) is 0 Å². The van der Waals surface area contributed by atoms with Gasteiger partial charge in [-0.15, -0.1) is 0 Å². The summed E-state index contributed by atoms with van der Waals surface area (Å²) < 4.78 is 6.22. The van der Waals surface area contributed by atoms with Crippen molar-refractivity contribution in [3.63, 3.8) is 0 Å². The molecule has 2 aromatic carbocycles. The van der Waals surface area contributed by atoms with E-state index in [-0.39, 0.29) is 0 Å². The predicted molar refractivity (Wildman–Crippen MR) is 89.2 cm³/mol. The molecule has 0 radical (unpaired) electrons. The number of aryl methyl sites for hydroxylation is 1. The van der Waals surface area contributed by atoms with E-state index in [1.54, 1.807) is 0 Å². The van der Waals surface area contributed by atoms with Crippen molar-refractivity contribution in [2.24, 2.45) is 0 Å². The Morgan fingerprint density at radius 1 is 1.14 bits per heavy atom. The Balaban J connectivity index is 2.19. The molecule has 106 valence electrons. The maximum absolute atomic E-state index is 5.96. The zero-order valence-corrected chi connectivity index (χ0v) is 13.6. The molecule has 0 aliphatic heterocycles. The molecule has 1 heterocycles. The maximum atomic E-state index is 5.96. The molecule has 0 saturated heterocycles. The molecule has 2 N–H and O–H groups in total. The van der Waals surface area contributed by atoms with Gasteiger partial charge in [0.15, 0.2) is 0 Å². The summed E-state index contributed by atoms with van der Waals surface area (Å²) in [5.41, 5.74) is 10.5. The van der Waals surface area contributed by atoms with Crippen molar-refractivity contribution in [1.29, 1.82) is 0 Å². The average molecular weight is 364 g/mol. The molecular weight excluding hydrogens is 352 g/mol. The van der Waals surface area contributed by atoms with Crippen LogP contribution < -0.4 is 5.73 Å². The van der Waals surface area contributed by atoms with E-state index >= 15 is 0 Å². The van der Waals surface area contributed by atoms with Crippen LogP contribution in [0.25, 0.3) is 22.4 Å². The van der Waals surface area contributed by atoms with E-state index in [0.29, 0.717) is 10.9 Å². The van der Waals surface area contributed by atoms with E-state index in [1.807, 2.05) is 49.4 Å². The van der Waals surface area contributed by atoms with Crippen LogP contribution in [-0.4, -0.2) is 5.16 Å². The third kappa shape index (κ3) is 2.69. The Morgan fingerprint density at radius 3 is 2.52 bits per heavy atom. The standard InChI is InChI=1S/C16H12BrClN2O/c1-9-8-11(17)4-7-13(9)15-14(16(19)21-20-15)10-2-5-12(18)6-3-10/h2-8H,19H2,1H3. The fourth-order valence-corrected chi connectivity index (χ4v) is 2.88. The summed E-state index contributed by atoms with van der Waals surface area (Å²) in [6.07, 6.45) is 0. The number of halogens is 2. The molecule has 0 aliphatic carbocycles. The third-order valence-electron chi connectivity index (χ3n) is 3.29.